The molecule has 0 aliphatic heterocycles. The van der Waals surface area contributed by atoms with E-state index in [9.17, 15) is 0 Å². The minimum atomic E-state index is -0.566. The molecule has 3 aliphatic carbocycles. The molecule has 0 bridgehead atoms. The van der Waals surface area contributed by atoms with E-state index < -0.39 is 10.8 Å². The predicted octanol–water partition coefficient (Wildman–Crippen LogP) is 32.2. The fourth-order valence-electron chi connectivity index (χ4n) is 19.4. The molecule has 3 aliphatic rings. The maximum Gasteiger partial charge on any atom is 0.0722 e. The highest BCUT2D eigenvalue weighted by molar-refractivity contribution is 7.19. The SMILES string of the molecule is CCCCCCCCc1ccc(C2(c3ccc(CCCCCCCC)cc3)c3cc4c(cc3-c3sc(C)cc32)C(c2ccc(CCCCCCCC)cc2)(c2ccc(CCCCCCCC)cc2)c2cc(-c3ccc5c(c3)C(CCCCCCCC)(CCCCCCCC)c3cc(C)ccc3-5)sc2-4)cc1. The monoisotopic (exact) mass is 1430 g/mol. The van der Waals surface area contributed by atoms with Crippen LogP contribution in [-0.2, 0) is 41.9 Å². The quantitative estimate of drug-likeness (QED) is 0.0334. The van der Waals surface area contributed by atoms with Crippen LogP contribution < -0.4 is 0 Å². The molecule has 0 spiro atoms. The van der Waals surface area contributed by atoms with E-state index in [4.69, 9.17) is 0 Å². The number of benzene rings is 7. The average Bonchev–Trinajstić information content (AvgIpc) is 1.51. The third-order valence-corrected chi connectivity index (χ3v) is 27.7. The maximum absolute atomic E-state index is 2.80. The van der Waals surface area contributed by atoms with Crippen LogP contribution in [0.3, 0.4) is 0 Å². The average molecular weight is 1440 g/mol. The van der Waals surface area contributed by atoms with Crippen LogP contribution in [0, 0.1) is 13.8 Å². The van der Waals surface area contributed by atoms with Crippen LogP contribution in [0.1, 0.15) is 374 Å². The van der Waals surface area contributed by atoms with Crippen LogP contribution in [0.15, 0.2) is 158 Å². The molecule has 12 rings (SSSR count). The summed E-state index contributed by atoms with van der Waals surface area (Å²) >= 11 is 4.14. The van der Waals surface area contributed by atoms with E-state index >= 15 is 0 Å². The molecule has 0 saturated carbocycles. The highest BCUT2D eigenvalue weighted by Crippen LogP contribution is 2.66. The Bertz CT molecular complexity index is 3990. The molecular formula is C103H134S2. The van der Waals surface area contributed by atoms with E-state index in [2.05, 4.69) is 224 Å². The number of aryl methyl sites for hydroxylation is 6. The second-order valence-electron chi connectivity index (χ2n) is 33.2. The van der Waals surface area contributed by atoms with E-state index in [1.54, 1.807) is 11.1 Å². The highest BCUT2D eigenvalue weighted by Gasteiger charge is 2.53. The molecule has 0 saturated heterocycles. The molecular weight excluding hydrogens is 1300 g/mol. The summed E-state index contributed by atoms with van der Waals surface area (Å²) < 4.78 is 0. The minimum absolute atomic E-state index is 0.00590. The smallest absolute Gasteiger partial charge is 0.0722 e. The van der Waals surface area contributed by atoms with Gasteiger partial charge >= 0.3 is 0 Å². The van der Waals surface area contributed by atoms with E-state index in [-0.39, 0.29) is 5.41 Å². The molecule has 558 valence electrons. The summed E-state index contributed by atoms with van der Waals surface area (Å²) in [5.74, 6) is 0. The van der Waals surface area contributed by atoms with E-state index in [1.165, 1.54) is 364 Å². The molecule has 0 radical (unpaired) electrons. The van der Waals surface area contributed by atoms with Crippen molar-refractivity contribution < 1.29 is 0 Å². The highest BCUT2D eigenvalue weighted by atomic mass is 32.1. The van der Waals surface area contributed by atoms with Crippen molar-refractivity contribution >= 4 is 22.7 Å². The van der Waals surface area contributed by atoms with E-state index in [0.717, 1.165) is 25.7 Å². The molecule has 7 aromatic carbocycles. The van der Waals surface area contributed by atoms with Gasteiger partial charge in [0.1, 0.15) is 0 Å². The Morgan fingerprint density at radius 1 is 0.248 bits per heavy atom. The number of hydrogen-bond donors (Lipinski definition) is 0. The van der Waals surface area contributed by atoms with Crippen molar-refractivity contribution in [1.29, 1.82) is 0 Å². The second-order valence-corrected chi connectivity index (χ2v) is 35.5. The largest absolute Gasteiger partial charge is 0.140 e. The molecule has 0 nitrogen and oxygen atoms in total. The zero-order valence-corrected chi connectivity index (χ0v) is 68.7. The van der Waals surface area contributed by atoms with Gasteiger partial charge < -0.3 is 0 Å². The predicted molar refractivity (Wildman–Crippen MR) is 462 cm³/mol. The Labute approximate surface area is 647 Å². The third kappa shape index (κ3) is 17.7. The summed E-state index contributed by atoms with van der Waals surface area (Å²) in [6.07, 6.45) is 54.5. The topological polar surface area (TPSA) is 0 Å². The maximum atomic E-state index is 2.80. The van der Waals surface area contributed by atoms with Crippen LogP contribution in [0.5, 0.6) is 0 Å². The first-order valence-electron chi connectivity index (χ1n) is 43.8. The zero-order valence-electron chi connectivity index (χ0n) is 67.0. The van der Waals surface area contributed by atoms with Gasteiger partial charge in [-0.25, -0.2) is 0 Å². The van der Waals surface area contributed by atoms with Gasteiger partial charge in [-0.3, -0.25) is 0 Å². The summed E-state index contributed by atoms with van der Waals surface area (Å²) in [6.45, 7) is 18.8. The lowest BCUT2D eigenvalue weighted by Crippen LogP contribution is -2.30. The fraction of sp³-hybridized carbons (Fsp3) is 0.515. The van der Waals surface area contributed by atoms with E-state index in [0.29, 0.717) is 0 Å². The standard InChI is InChI=1S/C103H134S2/c1-9-15-21-27-33-39-45-79-50-59-84(60-51-79)102(85-61-52-80(53-62-85)46-40-34-28-22-16-10-2)94-75-91-95(74-90(94)99-96(102)72-78(8)104-99)103(86-63-54-81(55-64-86)47-41-35-29-23-17-11-3,87-65-56-82(57-66-87)48-42-36-30-24-18-12-4)97-76-98(105-100(91)97)83-58-68-89-88-67-49-77(7)71-92(88)101(93(89)73-83,69-43-37-31-25-19-13-5)70-44-38-32-26-20-14-6/h49-68,71-76H,9-48,69-70H2,1-8H3. The number of rotatable bonds is 47. The molecule has 0 atom stereocenters. The van der Waals surface area contributed by atoms with Gasteiger partial charge in [0.15, 0.2) is 0 Å². The Hall–Kier alpha value is -6.06. The fourth-order valence-corrected chi connectivity index (χ4v) is 21.8. The van der Waals surface area contributed by atoms with Crippen molar-refractivity contribution in [2.24, 2.45) is 0 Å². The van der Waals surface area contributed by atoms with Gasteiger partial charge in [0.05, 0.1) is 10.8 Å². The number of fused-ring (bicyclic) bond motifs is 9. The Kier molecular flexibility index (Phi) is 29.0. The van der Waals surface area contributed by atoms with Gasteiger partial charge in [0.2, 0.25) is 0 Å². The number of thiophene rings is 2. The normalized spacial score (nSPS) is 14.0. The first-order chi connectivity index (χ1) is 51.7. The first-order valence-corrected chi connectivity index (χ1v) is 45.4. The summed E-state index contributed by atoms with van der Waals surface area (Å²) in [4.78, 5) is 5.69. The molecule has 105 heavy (non-hydrogen) atoms. The first kappa shape index (κ1) is 78.5. The van der Waals surface area contributed by atoms with Gasteiger partial charge in [0.25, 0.3) is 0 Å². The second kappa shape index (κ2) is 38.8. The number of hydrogen-bond acceptors (Lipinski definition) is 2. The van der Waals surface area contributed by atoms with Crippen molar-refractivity contribution in [2.45, 2.75) is 341 Å². The Balaban J connectivity index is 1.06. The zero-order chi connectivity index (χ0) is 72.9. The van der Waals surface area contributed by atoms with Crippen molar-refractivity contribution in [3.63, 3.8) is 0 Å². The van der Waals surface area contributed by atoms with Crippen molar-refractivity contribution in [1.82, 2.24) is 0 Å². The third-order valence-electron chi connectivity index (χ3n) is 25.4. The molecule has 0 amide bonds. The molecule has 0 unspecified atom stereocenters. The molecule has 0 N–H and O–H groups in total. The molecule has 2 aromatic heterocycles. The van der Waals surface area contributed by atoms with Crippen molar-refractivity contribution in [3.05, 3.63) is 246 Å². The lowest BCUT2D eigenvalue weighted by molar-refractivity contribution is 0.398. The van der Waals surface area contributed by atoms with Crippen molar-refractivity contribution in [3.8, 4) is 42.4 Å². The van der Waals surface area contributed by atoms with Gasteiger partial charge in [-0.2, -0.15) is 0 Å². The van der Waals surface area contributed by atoms with Crippen LogP contribution >= 0.6 is 22.7 Å². The van der Waals surface area contributed by atoms with E-state index in [1.807, 2.05) is 11.3 Å². The van der Waals surface area contributed by atoms with Gasteiger partial charge in [-0.15, -0.1) is 22.7 Å². The summed E-state index contributed by atoms with van der Waals surface area (Å²) in [6, 6.07) is 67.3. The minimum Gasteiger partial charge on any atom is -0.140 e. The lowest BCUT2D eigenvalue weighted by Gasteiger charge is -2.36. The summed E-state index contributed by atoms with van der Waals surface area (Å²) in [7, 11) is 0. The van der Waals surface area contributed by atoms with Crippen LogP contribution in [0.25, 0.3) is 42.4 Å². The van der Waals surface area contributed by atoms with Gasteiger partial charge in [-0.1, -0.05) is 380 Å². The van der Waals surface area contributed by atoms with Gasteiger partial charge in [-0.05, 0) is 214 Å². The summed E-state index contributed by atoms with van der Waals surface area (Å²) in [5.41, 5.74) is 28.0. The summed E-state index contributed by atoms with van der Waals surface area (Å²) in [5, 5.41) is 0. The molecule has 0 fully saturated rings. The molecule has 9 aromatic rings. The van der Waals surface area contributed by atoms with Gasteiger partial charge in [0, 0.05) is 24.9 Å². The van der Waals surface area contributed by atoms with Crippen LogP contribution in [0.2, 0.25) is 0 Å². The molecule has 2 heterocycles. The lowest BCUT2D eigenvalue weighted by atomic mass is 9.65. The Morgan fingerprint density at radius 3 is 0.933 bits per heavy atom. The van der Waals surface area contributed by atoms with Crippen LogP contribution in [0.4, 0.5) is 0 Å². The Morgan fingerprint density at radius 2 is 0.562 bits per heavy atom. The van der Waals surface area contributed by atoms with Crippen LogP contribution in [-0.4, -0.2) is 0 Å². The molecule has 2 heteroatoms. The number of unbranched alkanes of at least 4 members (excludes halogenated alkanes) is 30. The van der Waals surface area contributed by atoms with Crippen molar-refractivity contribution in [2.75, 3.05) is 0 Å².